The maximum absolute atomic E-state index is 3.48. The minimum Gasteiger partial charge on any atom is -0.319 e. The van der Waals surface area contributed by atoms with Crippen molar-refractivity contribution in [3.63, 3.8) is 0 Å². The molecule has 0 aliphatic heterocycles. The predicted octanol–water partition coefficient (Wildman–Crippen LogP) is 2.52. The molecule has 1 rings (SSSR count). The summed E-state index contributed by atoms with van der Waals surface area (Å²) in [6, 6.07) is 6.52. The second-order valence-electron chi connectivity index (χ2n) is 2.99. The number of hydrogen-bond acceptors (Lipinski definition) is 1. The van der Waals surface area contributed by atoms with Gasteiger partial charge in [0.15, 0.2) is 0 Å². The highest BCUT2D eigenvalue weighted by atomic mass is 79.9. The zero-order chi connectivity index (χ0) is 8.97. The fraction of sp³-hybridized carbons (Fsp3) is 0.400. The molecule has 1 nitrogen and oxygen atoms in total. The van der Waals surface area contributed by atoms with Crippen LogP contribution in [0.5, 0.6) is 0 Å². The lowest BCUT2D eigenvalue weighted by Gasteiger charge is -2.03. The lowest BCUT2D eigenvalue weighted by molar-refractivity contribution is 0.791. The SMILES string of the molecule is CNCCc1cc(C)cc(Br)c1. The summed E-state index contributed by atoms with van der Waals surface area (Å²) in [6.07, 6.45) is 1.09. The van der Waals surface area contributed by atoms with E-state index >= 15 is 0 Å². The average Bonchev–Trinajstić information content (AvgIpc) is 1.99. The van der Waals surface area contributed by atoms with Crippen molar-refractivity contribution in [3.8, 4) is 0 Å². The Morgan fingerprint density at radius 3 is 2.67 bits per heavy atom. The number of halogens is 1. The molecule has 0 atom stereocenters. The van der Waals surface area contributed by atoms with Gasteiger partial charge in [-0.2, -0.15) is 0 Å². The first kappa shape index (κ1) is 9.75. The first-order valence-corrected chi connectivity index (χ1v) is 4.92. The maximum atomic E-state index is 3.48. The van der Waals surface area contributed by atoms with E-state index in [9.17, 15) is 0 Å². The minimum atomic E-state index is 1.04. The van der Waals surface area contributed by atoms with Crippen molar-refractivity contribution >= 4 is 15.9 Å². The van der Waals surface area contributed by atoms with E-state index in [0.29, 0.717) is 0 Å². The Bertz CT molecular complexity index is 238. The first-order valence-electron chi connectivity index (χ1n) is 4.13. The van der Waals surface area contributed by atoms with Gasteiger partial charge in [-0.25, -0.2) is 0 Å². The second-order valence-corrected chi connectivity index (χ2v) is 3.91. The van der Waals surface area contributed by atoms with Crippen LogP contribution < -0.4 is 5.32 Å². The van der Waals surface area contributed by atoms with Crippen molar-refractivity contribution in [1.29, 1.82) is 0 Å². The molecule has 0 heterocycles. The molecule has 1 aromatic carbocycles. The van der Waals surface area contributed by atoms with E-state index in [2.05, 4.69) is 46.4 Å². The van der Waals surface area contributed by atoms with Crippen LogP contribution in [-0.2, 0) is 6.42 Å². The Kier molecular flexibility index (Phi) is 3.76. The molecule has 0 saturated heterocycles. The van der Waals surface area contributed by atoms with Gasteiger partial charge in [-0.3, -0.25) is 0 Å². The van der Waals surface area contributed by atoms with Gasteiger partial charge in [0.1, 0.15) is 0 Å². The van der Waals surface area contributed by atoms with Gasteiger partial charge < -0.3 is 5.32 Å². The number of rotatable bonds is 3. The Morgan fingerprint density at radius 2 is 2.08 bits per heavy atom. The lowest BCUT2D eigenvalue weighted by Crippen LogP contribution is -2.10. The molecule has 0 saturated carbocycles. The van der Waals surface area contributed by atoms with Gasteiger partial charge in [0.2, 0.25) is 0 Å². The summed E-state index contributed by atoms with van der Waals surface area (Å²) in [5.41, 5.74) is 2.70. The number of aryl methyl sites for hydroxylation is 1. The highest BCUT2D eigenvalue weighted by molar-refractivity contribution is 9.10. The molecule has 1 N–H and O–H groups in total. The summed E-state index contributed by atoms with van der Waals surface area (Å²) in [5.74, 6) is 0. The first-order chi connectivity index (χ1) is 5.72. The Hall–Kier alpha value is -0.340. The molecule has 0 spiro atoms. The van der Waals surface area contributed by atoms with Crippen molar-refractivity contribution in [3.05, 3.63) is 33.8 Å². The molecule has 12 heavy (non-hydrogen) atoms. The van der Waals surface area contributed by atoms with Gasteiger partial charge in [-0.1, -0.05) is 22.0 Å². The summed E-state index contributed by atoms with van der Waals surface area (Å²) < 4.78 is 1.17. The molecular formula is C10H14BrN. The standard InChI is InChI=1S/C10H14BrN/c1-8-5-9(3-4-12-2)7-10(11)6-8/h5-7,12H,3-4H2,1-2H3. The topological polar surface area (TPSA) is 12.0 Å². The fourth-order valence-electron chi connectivity index (χ4n) is 1.23. The molecule has 0 aliphatic rings. The summed E-state index contributed by atoms with van der Waals surface area (Å²) in [5, 5.41) is 3.14. The average molecular weight is 228 g/mol. The summed E-state index contributed by atoms with van der Waals surface area (Å²) in [6.45, 7) is 3.16. The molecule has 0 unspecified atom stereocenters. The number of hydrogen-bond donors (Lipinski definition) is 1. The van der Waals surface area contributed by atoms with Crippen molar-refractivity contribution < 1.29 is 0 Å². The summed E-state index contributed by atoms with van der Waals surface area (Å²) >= 11 is 3.48. The third kappa shape index (κ3) is 2.95. The van der Waals surface area contributed by atoms with Crippen LogP contribution in [0, 0.1) is 6.92 Å². The van der Waals surface area contributed by atoms with Gasteiger partial charge in [0.25, 0.3) is 0 Å². The van der Waals surface area contributed by atoms with Crippen LogP contribution in [-0.4, -0.2) is 13.6 Å². The van der Waals surface area contributed by atoms with Crippen LogP contribution >= 0.6 is 15.9 Å². The van der Waals surface area contributed by atoms with Crippen molar-refractivity contribution in [2.45, 2.75) is 13.3 Å². The zero-order valence-electron chi connectivity index (χ0n) is 7.52. The van der Waals surface area contributed by atoms with E-state index < -0.39 is 0 Å². The number of likely N-dealkylation sites (N-methyl/N-ethyl adjacent to an activating group) is 1. The quantitative estimate of drug-likeness (QED) is 0.838. The minimum absolute atomic E-state index is 1.04. The van der Waals surface area contributed by atoms with Crippen LogP contribution in [0.15, 0.2) is 22.7 Å². The molecule has 2 heteroatoms. The van der Waals surface area contributed by atoms with Crippen molar-refractivity contribution in [2.24, 2.45) is 0 Å². The van der Waals surface area contributed by atoms with E-state index in [-0.39, 0.29) is 0 Å². The van der Waals surface area contributed by atoms with Gasteiger partial charge in [0.05, 0.1) is 0 Å². The van der Waals surface area contributed by atoms with Gasteiger partial charge in [-0.05, 0) is 50.2 Å². The summed E-state index contributed by atoms with van der Waals surface area (Å²) in [4.78, 5) is 0. The highest BCUT2D eigenvalue weighted by Crippen LogP contribution is 2.15. The van der Waals surface area contributed by atoms with E-state index in [0.717, 1.165) is 13.0 Å². The summed E-state index contributed by atoms with van der Waals surface area (Å²) in [7, 11) is 1.98. The highest BCUT2D eigenvalue weighted by Gasteiger charge is 1.95. The van der Waals surface area contributed by atoms with E-state index in [1.165, 1.54) is 15.6 Å². The molecule has 0 aromatic heterocycles. The Balaban J connectivity index is 2.72. The molecule has 0 bridgehead atoms. The van der Waals surface area contributed by atoms with Crippen LogP contribution in [0.2, 0.25) is 0 Å². The van der Waals surface area contributed by atoms with Gasteiger partial charge >= 0.3 is 0 Å². The molecule has 0 radical (unpaired) electrons. The van der Waals surface area contributed by atoms with Crippen LogP contribution in [0.3, 0.4) is 0 Å². The maximum Gasteiger partial charge on any atom is 0.0180 e. The van der Waals surface area contributed by atoms with Crippen molar-refractivity contribution in [1.82, 2.24) is 5.32 Å². The fourth-order valence-corrected chi connectivity index (χ4v) is 1.88. The normalized spacial score (nSPS) is 10.2. The molecule has 66 valence electrons. The second kappa shape index (κ2) is 4.63. The number of nitrogens with one attached hydrogen (secondary N) is 1. The van der Waals surface area contributed by atoms with Crippen molar-refractivity contribution in [2.75, 3.05) is 13.6 Å². The largest absolute Gasteiger partial charge is 0.319 e. The molecule has 0 aliphatic carbocycles. The Morgan fingerprint density at radius 1 is 1.33 bits per heavy atom. The molecular weight excluding hydrogens is 214 g/mol. The van der Waals surface area contributed by atoms with Gasteiger partial charge in [-0.15, -0.1) is 0 Å². The predicted molar refractivity (Wildman–Crippen MR) is 56.5 cm³/mol. The molecule has 1 aromatic rings. The van der Waals surface area contributed by atoms with Crippen LogP contribution in [0.1, 0.15) is 11.1 Å². The third-order valence-corrected chi connectivity index (χ3v) is 2.22. The third-order valence-electron chi connectivity index (χ3n) is 1.77. The monoisotopic (exact) mass is 227 g/mol. The zero-order valence-corrected chi connectivity index (χ0v) is 9.11. The van der Waals surface area contributed by atoms with E-state index in [1.54, 1.807) is 0 Å². The molecule has 0 amide bonds. The van der Waals surface area contributed by atoms with Gasteiger partial charge in [0, 0.05) is 4.47 Å². The molecule has 0 fully saturated rings. The van der Waals surface area contributed by atoms with Crippen LogP contribution in [0.4, 0.5) is 0 Å². The Labute approximate surface area is 82.3 Å². The smallest absolute Gasteiger partial charge is 0.0180 e. The number of benzene rings is 1. The van der Waals surface area contributed by atoms with E-state index in [4.69, 9.17) is 0 Å². The van der Waals surface area contributed by atoms with E-state index in [1.807, 2.05) is 7.05 Å². The van der Waals surface area contributed by atoms with Crippen LogP contribution in [0.25, 0.3) is 0 Å². The lowest BCUT2D eigenvalue weighted by atomic mass is 10.1.